The van der Waals surface area contributed by atoms with Gasteiger partial charge in [0.05, 0.1) is 11.8 Å². The molecule has 2 rings (SSSR count). The minimum atomic E-state index is 0.0819. The number of rotatable bonds is 0. The van der Waals surface area contributed by atoms with E-state index in [0.29, 0.717) is 0 Å². The summed E-state index contributed by atoms with van der Waals surface area (Å²) in [6, 6.07) is 0. The molecule has 0 spiro atoms. The van der Waals surface area contributed by atoms with Gasteiger partial charge in [0, 0.05) is 6.42 Å². The minimum absolute atomic E-state index is 0.0819. The number of furan rings is 1. The summed E-state index contributed by atoms with van der Waals surface area (Å²) in [5, 5.41) is 0. The van der Waals surface area contributed by atoms with Crippen molar-refractivity contribution in [3.63, 3.8) is 0 Å². The fourth-order valence-corrected chi connectivity index (χ4v) is 2.20. The third kappa shape index (κ3) is 2.57. The molecule has 0 saturated carbocycles. The molecule has 1 aliphatic rings. The first-order valence-corrected chi connectivity index (χ1v) is 6.02. The molecular weight excluding hydrogens is 212 g/mol. The molecule has 90 valence electrons. The van der Waals surface area contributed by atoms with Crippen molar-refractivity contribution in [2.75, 3.05) is 0 Å². The summed E-state index contributed by atoms with van der Waals surface area (Å²) in [7, 11) is 0. The van der Waals surface area contributed by atoms with Crippen molar-refractivity contribution in [2.24, 2.45) is 0 Å². The van der Waals surface area contributed by atoms with E-state index in [9.17, 15) is 4.79 Å². The number of ketones is 1. The lowest BCUT2D eigenvalue weighted by atomic mass is 9.98. The molecule has 17 heavy (non-hydrogen) atoms. The fourth-order valence-electron chi connectivity index (χ4n) is 2.20. The van der Waals surface area contributed by atoms with Gasteiger partial charge in [-0.15, -0.1) is 0 Å². The Morgan fingerprint density at radius 1 is 1.18 bits per heavy atom. The van der Waals surface area contributed by atoms with Gasteiger partial charge >= 0.3 is 0 Å². The highest BCUT2D eigenvalue weighted by atomic mass is 16.3. The van der Waals surface area contributed by atoms with E-state index in [-0.39, 0.29) is 5.78 Å². The van der Waals surface area contributed by atoms with Crippen LogP contribution in [0, 0.1) is 6.92 Å². The molecule has 0 unspecified atom stereocenters. The standard InChI is InChI=1S/C15H18O2/c1-10-5-4-6-11(2)8-14-15(13(16)7-10)12(3)9-17-14/h6-7,9H,4-5,8H2,1-3H3/b10-7?,11-6-. The molecule has 1 heterocycles. The molecular formula is C15H18O2. The summed E-state index contributed by atoms with van der Waals surface area (Å²) in [5.41, 5.74) is 4.08. The van der Waals surface area contributed by atoms with Gasteiger partial charge in [-0.3, -0.25) is 4.79 Å². The van der Waals surface area contributed by atoms with Crippen molar-refractivity contribution < 1.29 is 9.21 Å². The Kier molecular flexibility index (Phi) is 3.32. The topological polar surface area (TPSA) is 30.2 Å². The lowest BCUT2D eigenvalue weighted by Gasteiger charge is -2.06. The van der Waals surface area contributed by atoms with Crippen LogP contribution < -0.4 is 0 Å². The number of carbonyl (C=O) groups is 1. The highest BCUT2D eigenvalue weighted by Gasteiger charge is 2.17. The zero-order valence-corrected chi connectivity index (χ0v) is 10.7. The van der Waals surface area contributed by atoms with Crippen molar-refractivity contribution >= 4 is 5.78 Å². The number of allylic oxidation sites excluding steroid dienone is 4. The second-order valence-electron chi connectivity index (χ2n) is 4.84. The summed E-state index contributed by atoms with van der Waals surface area (Å²) < 4.78 is 5.50. The lowest BCUT2D eigenvalue weighted by Crippen LogP contribution is -2.02. The van der Waals surface area contributed by atoms with Crippen LogP contribution in [-0.2, 0) is 6.42 Å². The summed E-state index contributed by atoms with van der Waals surface area (Å²) in [6.07, 6.45) is 8.34. The molecule has 1 aromatic rings. The molecule has 0 atom stereocenters. The van der Waals surface area contributed by atoms with Gasteiger partial charge in [0.15, 0.2) is 5.78 Å². The zero-order chi connectivity index (χ0) is 12.4. The Balaban J connectivity index is 2.49. The highest BCUT2D eigenvalue weighted by Crippen LogP contribution is 2.23. The molecule has 2 heteroatoms. The van der Waals surface area contributed by atoms with Gasteiger partial charge in [-0.2, -0.15) is 0 Å². The van der Waals surface area contributed by atoms with E-state index in [1.54, 1.807) is 12.3 Å². The van der Waals surface area contributed by atoms with E-state index in [1.165, 1.54) is 5.57 Å². The first-order chi connectivity index (χ1) is 8.08. The van der Waals surface area contributed by atoms with Gasteiger partial charge in [0.1, 0.15) is 5.76 Å². The predicted molar refractivity (Wildman–Crippen MR) is 68.2 cm³/mol. The van der Waals surface area contributed by atoms with Crippen molar-refractivity contribution in [3.05, 3.63) is 46.4 Å². The molecule has 0 aromatic carbocycles. The van der Waals surface area contributed by atoms with Crippen LogP contribution >= 0.6 is 0 Å². The van der Waals surface area contributed by atoms with E-state index in [4.69, 9.17) is 4.42 Å². The third-order valence-corrected chi connectivity index (χ3v) is 3.15. The van der Waals surface area contributed by atoms with Crippen LogP contribution in [0.3, 0.4) is 0 Å². The minimum Gasteiger partial charge on any atom is -0.468 e. The Morgan fingerprint density at radius 2 is 1.94 bits per heavy atom. The average molecular weight is 230 g/mol. The highest BCUT2D eigenvalue weighted by molar-refractivity contribution is 6.06. The monoisotopic (exact) mass is 230 g/mol. The van der Waals surface area contributed by atoms with E-state index in [1.807, 2.05) is 13.8 Å². The molecule has 1 aromatic heterocycles. The van der Waals surface area contributed by atoms with Crippen LogP contribution in [0.5, 0.6) is 0 Å². The van der Waals surface area contributed by atoms with E-state index >= 15 is 0 Å². The van der Waals surface area contributed by atoms with Crippen LogP contribution in [0.2, 0.25) is 0 Å². The third-order valence-electron chi connectivity index (χ3n) is 3.15. The van der Waals surface area contributed by atoms with Crippen molar-refractivity contribution in [1.82, 2.24) is 0 Å². The van der Waals surface area contributed by atoms with Gasteiger partial charge in [0.2, 0.25) is 0 Å². The maximum atomic E-state index is 12.2. The van der Waals surface area contributed by atoms with E-state index < -0.39 is 0 Å². The Bertz CT molecular complexity index is 501. The molecule has 2 nitrogen and oxygen atoms in total. The normalized spacial score (nSPS) is 20.3. The molecule has 0 aliphatic heterocycles. The van der Waals surface area contributed by atoms with Gasteiger partial charge in [-0.05, 0) is 45.3 Å². The average Bonchev–Trinajstić information content (AvgIpc) is 2.58. The smallest absolute Gasteiger partial charge is 0.189 e. The Hall–Kier alpha value is -1.57. The van der Waals surface area contributed by atoms with Gasteiger partial charge in [-0.1, -0.05) is 17.2 Å². The largest absolute Gasteiger partial charge is 0.468 e. The van der Waals surface area contributed by atoms with Crippen molar-refractivity contribution in [1.29, 1.82) is 0 Å². The van der Waals surface area contributed by atoms with E-state index in [2.05, 4.69) is 13.0 Å². The van der Waals surface area contributed by atoms with Gasteiger partial charge in [0.25, 0.3) is 0 Å². The summed E-state index contributed by atoms with van der Waals surface area (Å²) in [6.45, 7) is 6.03. The number of aryl methyl sites for hydroxylation is 1. The second-order valence-corrected chi connectivity index (χ2v) is 4.84. The van der Waals surface area contributed by atoms with Crippen LogP contribution in [0.4, 0.5) is 0 Å². The molecule has 0 fully saturated rings. The molecule has 0 saturated heterocycles. The molecule has 0 amide bonds. The summed E-state index contributed by atoms with van der Waals surface area (Å²) in [4.78, 5) is 12.2. The first-order valence-electron chi connectivity index (χ1n) is 6.02. The predicted octanol–water partition coefficient (Wildman–Crippen LogP) is 4.00. The summed E-state index contributed by atoms with van der Waals surface area (Å²) >= 11 is 0. The van der Waals surface area contributed by atoms with Crippen LogP contribution in [0.1, 0.15) is 48.4 Å². The van der Waals surface area contributed by atoms with Crippen molar-refractivity contribution in [2.45, 2.75) is 40.0 Å². The molecule has 1 aliphatic carbocycles. The SMILES string of the molecule is CC1=CC(=O)c2c(C)coc2C/C(C)=C\CC1. The number of hydrogen-bond acceptors (Lipinski definition) is 2. The Morgan fingerprint density at radius 3 is 2.71 bits per heavy atom. The van der Waals surface area contributed by atoms with Crippen LogP contribution in [-0.4, -0.2) is 5.78 Å². The zero-order valence-electron chi connectivity index (χ0n) is 10.7. The quantitative estimate of drug-likeness (QED) is 0.630. The van der Waals surface area contributed by atoms with Crippen molar-refractivity contribution in [3.8, 4) is 0 Å². The maximum absolute atomic E-state index is 12.2. The van der Waals surface area contributed by atoms with Crippen LogP contribution in [0.25, 0.3) is 0 Å². The molecule has 0 bridgehead atoms. The number of carbonyl (C=O) groups excluding carboxylic acids is 1. The maximum Gasteiger partial charge on any atom is 0.189 e. The lowest BCUT2D eigenvalue weighted by molar-refractivity contribution is 0.104. The number of hydrogen-bond donors (Lipinski definition) is 0. The van der Waals surface area contributed by atoms with Gasteiger partial charge < -0.3 is 4.42 Å². The van der Waals surface area contributed by atoms with Crippen LogP contribution in [0.15, 0.2) is 34.0 Å². The fraction of sp³-hybridized carbons (Fsp3) is 0.400. The molecule has 0 N–H and O–H groups in total. The first kappa shape index (κ1) is 11.9. The number of fused-ring (bicyclic) bond motifs is 1. The van der Waals surface area contributed by atoms with Gasteiger partial charge in [-0.25, -0.2) is 0 Å². The van der Waals surface area contributed by atoms with E-state index in [0.717, 1.165) is 41.7 Å². The Labute approximate surface area is 102 Å². The summed E-state index contributed by atoms with van der Waals surface area (Å²) in [5.74, 6) is 0.880. The second kappa shape index (κ2) is 4.74. The molecule has 0 radical (unpaired) electrons.